The highest BCUT2D eigenvalue weighted by Gasteiger charge is 2.20. The van der Waals surface area contributed by atoms with Crippen LogP contribution >= 0.6 is 11.8 Å². The molecule has 0 aliphatic heterocycles. The Kier molecular flexibility index (Phi) is 8.73. The molecule has 5 aromatic rings. The zero-order valence-corrected chi connectivity index (χ0v) is 24.6. The first-order valence-electron chi connectivity index (χ1n) is 13.1. The molecular weight excluding hydrogens is 552 g/mol. The molecule has 0 N–H and O–H groups in total. The maximum atomic E-state index is 11.8. The van der Waals surface area contributed by atoms with Crippen molar-refractivity contribution in [2.45, 2.75) is 17.5 Å². The lowest BCUT2D eigenvalue weighted by molar-refractivity contribution is 0.0600. The molecule has 2 heterocycles. The van der Waals surface area contributed by atoms with E-state index in [9.17, 15) is 4.79 Å². The summed E-state index contributed by atoms with van der Waals surface area (Å²) in [6, 6.07) is 21.0. The molecular formula is C32H30N4O5S. The minimum atomic E-state index is -0.361. The molecule has 0 saturated heterocycles. The van der Waals surface area contributed by atoms with Gasteiger partial charge in [0.05, 0.1) is 45.2 Å². The highest BCUT2D eigenvalue weighted by Crippen LogP contribution is 2.42. The monoisotopic (exact) mass is 582 g/mol. The van der Waals surface area contributed by atoms with Crippen LogP contribution in [0.2, 0.25) is 0 Å². The summed E-state index contributed by atoms with van der Waals surface area (Å²) >= 11 is 1.56. The van der Waals surface area contributed by atoms with Gasteiger partial charge in [0.1, 0.15) is 0 Å². The van der Waals surface area contributed by atoms with Crippen LogP contribution in [-0.4, -0.2) is 54.2 Å². The Hall–Kier alpha value is -4.83. The molecule has 10 heteroatoms. The number of hydrogen-bond donors (Lipinski definition) is 0. The molecule has 42 heavy (non-hydrogen) atoms. The van der Waals surface area contributed by atoms with Crippen LogP contribution in [0.15, 0.2) is 84.5 Å². The van der Waals surface area contributed by atoms with Gasteiger partial charge in [0, 0.05) is 28.8 Å². The van der Waals surface area contributed by atoms with Gasteiger partial charge < -0.3 is 18.9 Å². The number of carbonyl (C=O) groups excluding carboxylic acids is 1. The summed E-state index contributed by atoms with van der Waals surface area (Å²) in [5.74, 6) is 2.57. The Morgan fingerprint density at radius 3 is 2.29 bits per heavy atom. The number of carbonyl (C=O) groups is 1. The third-order valence-corrected chi connectivity index (χ3v) is 7.73. The van der Waals surface area contributed by atoms with E-state index in [-0.39, 0.29) is 5.97 Å². The van der Waals surface area contributed by atoms with Crippen LogP contribution in [0.4, 0.5) is 0 Å². The first kappa shape index (κ1) is 28.7. The molecule has 0 spiro atoms. The van der Waals surface area contributed by atoms with E-state index in [1.165, 1.54) is 7.11 Å². The van der Waals surface area contributed by atoms with Gasteiger partial charge in [-0.3, -0.25) is 4.57 Å². The van der Waals surface area contributed by atoms with Crippen molar-refractivity contribution in [3.05, 3.63) is 90.5 Å². The lowest BCUT2D eigenvalue weighted by Crippen LogP contribution is -2.02. The van der Waals surface area contributed by atoms with Crippen molar-refractivity contribution in [2.24, 2.45) is 0 Å². The van der Waals surface area contributed by atoms with Gasteiger partial charge in [-0.2, -0.15) is 0 Å². The smallest absolute Gasteiger partial charge is 0.337 e. The average Bonchev–Trinajstić information content (AvgIpc) is 3.44. The highest BCUT2D eigenvalue weighted by atomic mass is 32.2. The quantitative estimate of drug-likeness (QED) is 0.0988. The summed E-state index contributed by atoms with van der Waals surface area (Å²) in [7, 11) is 6.12. The van der Waals surface area contributed by atoms with Crippen LogP contribution in [0.25, 0.3) is 33.5 Å². The van der Waals surface area contributed by atoms with Crippen molar-refractivity contribution >= 4 is 28.6 Å². The summed E-state index contributed by atoms with van der Waals surface area (Å²) in [5, 5.41) is 10.9. The third kappa shape index (κ3) is 5.66. The van der Waals surface area contributed by atoms with E-state index in [4.69, 9.17) is 23.9 Å². The van der Waals surface area contributed by atoms with Crippen LogP contribution in [0.3, 0.4) is 0 Å². The largest absolute Gasteiger partial charge is 0.493 e. The van der Waals surface area contributed by atoms with Gasteiger partial charge in [-0.25, -0.2) is 9.78 Å². The molecule has 0 aliphatic rings. The Morgan fingerprint density at radius 2 is 1.64 bits per heavy atom. The second-order valence-corrected chi connectivity index (χ2v) is 10.1. The van der Waals surface area contributed by atoms with Gasteiger partial charge in [0.2, 0.25) is 5.75 Å². The summed E-state index contributed by atoms with van der Waals surface area (Å²) in [5.41, 5.74) is 4.77. The summed E-state index contributed by atoms with van der Waals surface area (Å²) in [6.07, 6.45) is 1.82. The highest BCUT2D eigenvalue weighted by molar-refractivity contribution is 7.98. The minimum absolute atomic E-state index is 0.361. The second-order valence-electron chi connectivity index (χ2n) is 9.17. The van der Waals surface area contributed by atoms with E-state index in [0.29, 0.717) is 40.9 Å². The fourth-order valence-electron chi connectivity index (χ4n) is 4.63. The molecule has 5 rings (SSSR count). The summed E-state index contributed by atoms with van der Waals surface area (Å²) in [6.45, 7) is 4.48. The summed E-state index contributed by atoms with van der Waals surface area (Å²) < 4.78 is 23.5. The number of aromatic nitrogens is 4. The van der Waals surface area contributed by atoms with Crippen LogP contribution < -0.4 is 14.2 Å². The average molecular weight is 583 g/mol. The first-order valence-corrected chi connectivity index (χ1v) is 14.0. The number of ether oxygens (including phenoxy) is 4. The number of rotatable bonds is 11. The number of fused-ring (bicyclic) bond motifs is 1. The van der Waals surface area contributed by atoms with E-state index in [1.54, 1.807) is 45.2 Å². The molecule has 0 bridgehead atoms. The van der Waals surface area contributed by atoms with E-state index in [0.717, 1.165) is 38.4 Å². The lowest BCUT2D eigenvalue weighted by Gasteiger charge is -2.15. The van der Waals surface area contributed by atoms with Gasteiger partial charge in [0.25, 0.3) is 0 Å². The number of benzene rings is 3. The van der Waals surface area contributed by atoms with Crippen molar-refractivity contribution in [3.63, 3.8) is 0 Å². The van der Waals surface area contributed by atoms with Crippen LogP contribution in [0, 0.1) is 0 Å². The number of para-hydroxylation sites is 1. The van der Waals surface area contributed by atoms with Crippen molar-refractivity contribution in [1.29, 1.82) is 0 Å². The Bertz CT molecular complexity index is 1730. The maximum Gasteiger partial charge on any atom is 0.337 e. The van der Waals surface area contributed by atoms with E-state index >= 15 is 0 Å². The van der Waals surface area contributed by atoms with Crippen molar-refractivity contribution in [3.8, 4) is 39.9 Å². The van der Waals surface area contributed by atoms with Gasteiger partial charge >= 0.3 is 5.97 Å². The van der Waals surface area contributed by atoms with Crippen LogP contribution in [0.5, 0.6) is 17.2 Å². The Balaban J connectivity index is 1.56. The third-order valence-electron chi connectivity index (χ3n) is 6.69. The SMILES string of the molecule is C=CCn1c(SCc2ccc(C(=O)OC)cc2)nnc1-c1cc(-c2cc(OC)c(OC)c(OC)c2)nc2ccccc12. The number of esters is 1. The zero-order chi connectivity index (χ0) is 29.6. The van der Waals surface area contributed by atoms with Crippen LogP contribution in [0.1, 0.15) is 15.9 Å². The molecule has 0 amide bonds. The molecule has 0 saturated carbocycles. The molecule has 3 aromatic carbocycles. The number of allylic oxidation sites excluding steroid dienone is 1. The molecule has 0 aliphatic carbocycles. The van der Waals surface area contributed by atoms with Gasteiger partial charge in [-0.15, -0.1) is 16.8 Å². The van der Waals surface area contributed by atoms with Gasteiger partial charge in [-0.1, -0.05) is 48.2 Å². The van der Waals surface area contributed by atoms with E-state index in [1.807, 2.05) is 65.2 Å². The lowest BCUT2D eigenvalue weighted by atomic mass is 10.0. The predicted molar refractivity (Wildman–Crippen MR) is 163 cm³/mol. The number of nitrogens with zero attached hydrogens (tertiary/aromatic N) is 4. The molecule has 0 unspecified atom stereocenters. The van der Waals surface area contributed by atoms with Crippen molar-refractivity contribution in [2.75, 3.05) is 28.4 Å². The Labute approximate surface area is 248 Å². The maximum absolute atomic E-state index is 11.8. The summed E-state index contributed by atoms with van der Waals surface area (Å²) in [4.78, 5) is 16.7. The van der Waals surface area contributed by atoms with Gasteiger partial charge in [-0.05, 0) is 42.0 Å². The molecule has 0 fully saturated rings. The topological polar surface area (TPSA) is 97.6 Å². The second kappa shape index (κ2) is 12.8. The normalized spacial score (nSPS) is 10.9. The van der Waals surface area contributed by atoms with E-state index < -0.39 is 0 Å². The van der Waals surface area contributed by atoms with Crippen molar-refractivity contribution in [1.82, 2.24) is 19.7 Å². The standard InChI is InChI=1S/C32H30N4O5S/c1-6-15-36-30(34-35-32(36)42-19-20-11-13-21(14-12-20)31(37)41-5)24-18-26(33-25-10-8-7-9-23(24)25)22-16-27(38-2)29(40-4)28(17-22)39-3/h6-14,16-18H,1,15,19H2,2-5H3. The predicted octanol–water partition coefficient (Wildman–Crippen LogP) is 6.45. The van der Waals surface area contributed by atoms with Crippen molar-refractivity contribution < 1.29 is 23.7 Å². The van der Waals surface area contributed by atoms with E-state index in [2.05, 4.69) is 16.8 Å². The molecule has 214 valence electrons. The fourth-order valence-corrected chi connectivity index (χ4v) is 5.53. The number of pyridine rings is 1. The molecule has 9 nitrogen and oxygen atoms in total. The minimum Gasteiger partial charge on any atom is -0.493 e. The molecule has 0 radical (unpaired) electrons. The first-order chi connectivity index (χ1) is 20.5. The van der Waals surface area contributed by atoms with Crippen LogP contribution in [-0.2, 0) is 17.0 Å². The molecule has 0 atom stereocenters. The number of thioether (sulfide) groups is 1. The zero-order valence-electron chi connectivity index (χ0n) is 23.8. The van der Waals surface area contributed by atoms with Gasteiger partial charge in [0.15, 0.2) is 22.5 Å². The number of methoxy groups -OCH3 is 4. The number of hydrogen-bond acceptors (Lipinski definition) is 9. The Morgan fingerprint density at radius 1 is 0.929 bits per heavy atom. The molecule has 2 aromatic heterocycles. The fraction of sp³-hybridized carbons (Fsp3) is 0.188.